The fraction of sp³-hybridized carbons (Fsp3) is 0.385. The maximum Gasteiger partial charge on any atom is 0.265 e. The zero-order valence-corrected chi connectivity index (χ0v) is 10.9. The maximum atomic E-state index is 11.7. The van der Waals surface area contributed by atoms with Gasteiger partial charge >= 0.3 is 0 Å². The van der Waals surface area contributed by atoms with E-state index in [1.54, 1.807) is 25.1 Å². The number of hydrogen-bond acceptors (Lipinski definition) is 4. The average molecular weight is 263 g/mol. The van der Waals surface area contributed by atoms with Crippen molar-refractivity contribution >= 4 is 23.2 Å². The highest BCUT2D eigenvalue weighted by molar-refractivity contribution is 5.99. The predicted molar refractivity (Wildman–Crippen MR) is 72.1 cm³/mol. The van der Waals surface area contributed by atoms with Crippen molar-refractivity contribution in [3.8, 4) is 5.75 Å². The molecule has 1 aromatic rings. The van der Waals surface area contributed by atoms with E-state index in [1.165, 1.54) is 0 Å². The van der Waals surface area contributed by atoms with Crippen molar-refractivity contribution in [1.82, 2.24) is 0 Å². The third-order valence-electron chi connectivity index (χ3n) is 2.95. The third-order valence-corrected chi connectivity index (χ3v) is 2.95. The SMILES string of the molecule is CC[C@H](N)C(=O)Nc1ccc2c(c1)NC(=O)C(C)O2. The Labute approximate surface area is 111 Å². The molecule has 2 amide bonds. The van der Waals surface area contributed by atoms with Crippen molar-refractivity contribution in [3.05, 3.63) is 18.2 Å². The molecule has 0 saturated carbocycles. The van der Waals surface area contributed by atoms with E-state index in [4.69, 9.17) is 10.5 Å². The van der Waals surface area contributed by atoms with E-state index in [1.807, 2.05) is 6.92 Å². The molecule has 4 N–H and O–H groups in total. The van der Waals surface area contributed by atoms with E-state index in [-0.39, 0.29) is 11.8 Å². The van der Waals surface area contributed by atoms with Gasteiger partial charge in [-0.1, -0.05) is 6.92 Å². The summed E-state index contributed by atoms with van der Waals surface area (Å²) >= 11 is 0. The summed E-state index contributed by atoms with van der Waals surface area (Å²) in [5.41, 5.74) is 6.76. The van der Waals surface area contributed by atoms with Crippen LogP contribution in [0.5, 0.6) is 5.75 Å². The molecular weight excluding hydrogens is 246 g/mol. The van der Waals surface area contributed by atoms with Crippen molar-refractivity contribution < 1.29 is 14.3 Å². The van der Waals surface area contributed by atoms with E-state index in [9.17, 15) is 9.59 Å². The number of carbonyl (C=O) groups excluding carboxylic acids is 2. The van der Waals surface area contributed by atoms with Crippen molar-refractivity contribution in [2.75, 3.05) is 10.6 Å². The van der Waals surface area contributed by atoms with Crippen LogP contribution < -0.4 is 21.1 Å². The van der Waals surface area contributed by atoms with Crippen LogP contribution in [0.25, 0.3) is 0 Å². The first kappa shape index (κ1) is 13.4. The molecule has 6 nitrogen and oxygen atoms in total. The quantitative estimate of drug-likeness (QED) is 0.760. The maximum absolute atomic E-state index is 11.7. The molecule has 0 bridgehead atoms. The van der Waals surface area contributed by atoms with Crippen LogP contribution in [0.3, 0.4) is 0 Å². The largest absolute Gasteiger partial charge is 0.479 e. The summed E-state index contributed by atoms with van der Waals surface area (Å²) in [4.78, 5) is 23.2. The number of rotatable bonds is 3. The lowest BCUT2D eigenvalue weighted by atomic mass is 10.2. The van der Waals surface area contributed by atoms with Gasteiger partial charge in [-0.25, -0.2) is 0 Å². The summed E-state index contributed by atoms with van der Waals surface area (Å²) < 4.78 is 5.42. The van der Waals surface area contributed by atoms with Gasteiger partial charge < -0.3 is 21.1 Å². The Kier molecular flexibility index (Phi) is 3.71. The minimum absolute atomic E-state index is 0.207. The highest BCUT2D eigenvalue weighted by Crippen LogP contribution is 2.32. The molecule has 1 aliphatic rings. The standard InChI is InChI=1S/C13H17N3O3/c1-3-9(14)13(18)15-8-4-5-11-10(6-8)16-12(17)7(2)19-11/h4-7,9H,3,14H2,1-2H3,(H,15,18)(H,16,17)/t7?,9-/m0/s1. The second-order valence-corrected chi connectivity index (χ2v) is 4.46. The molecule has 2 rings (SSSR count). The number of anilines is 2. The first-order valence-corrected chi connectivity index (χ1v) is 6.19. The van der Waals surface area contributed by atoms with Gasteiger partial charge in [-0.15, -0.1) is 0 Å². The van der Waals surface area contributed by atoms with E-state index < -0.39 is 12.1 Å². The summed E-state index contributed by atoms with van der Waals surface area (Å²) in [6.45, 7) is 3.51. The molecule has 0 aromatic heterocycles. The smallest absolute Gasteiger partial charge is 0.265 e. The van der Waals surface area contributed by atoms with Crippen molar-refractivity contribution in [3.63, 3.8) is 0 Å². The molecule has 19 heavy (non-hydrogen) atoms. The fourth-order valence-corrected chi connectivity index (χ4v) is 1.71. The minimum Gasteiger partial charge on any atom is -0.479 e. The Morgan fingerprint density at radius 1 is 1.58 bits per heavy atom. The van der Waals surface area contributed by atoms with Gasteiger partial charge in [0, 0.05) is 5.69 Å². The average Bonchev–Trinajstić information content (AvgIpc) is 2.39. The highest BCUT2D eigenvalue weighted by Gasteiger charge is 2.23. The van der Waals surface area contributed by atoms with Gasteiger partial charge in [0.1, 0.15) is 5.75 Å². The topological polar surface area (TPSA) is 93.5 Å². The van der Waals surface area contributed by atoms with Crippen LogP contribution in [-0.4, -0.2) is 24.0 Å². The first-order valence-electron chi connectivity index (χ1n) is 6.19. The molecule has 1 aromatic carbocycles. The number of nitrogens with two attached hydrogens (primary N) is 1. The zero-order chi connectivity index (χ0) is 14.0. The number of carbonyl (C=O) groups is 2. The van der Waals surface area contributed by atoms with Gasteiger partial charge in [-0.3, -0.25) is 9.59 Å². The highest BCUT2D eigenvalue weighted by atomic mass is 16.5. The van der Waals surface area contributed by atoms with Crippen LogP contribution in [0, 0.1) is 0 Å². The number of ether oxygens (including phenoxy) is 1. The van der Waals surface area contributed by atoms with Gasteiger partial charge in [0.2, 0.25) is 5.91 Å². The van der Waals surface area contributed by atoms with Crippen LogP contribution in [-0.2, 0) is 9.59 Å². The lowest BCUT2D eigenvalue weighted by molar-refractivity contribution is -0.122. The van der Waals surface area contributed by atoms with Crippen molar-refractivity contribution in [2.24, 2.45) is 5.73 Å². The summed E-state index contributed by atoms with van der Waals surface area (Å²) in [6.07, 6.45) is 0.0511. The molecule has 0 radical (unpaired) electrons. The number of nitrogens with one attached hydrogen (secondary N) is 2. The third kappa shape index (κ3) is 2.85. The Morgan fingerprint density at radius 2 is 2.32 bits per heavy atom. The molecule has 0 saturated heterocycles. The van der Waals surface area contributed by atoms with Crippen LogP contribution in [0.15, 0.2) is 18.2 Å². The Balaban J connectivity index is 2.15. The van der Waals surface area contributed by atoms with Crippen LogP contribution >= 0.6 is 0 Å². The van der Waals surface area contributed by atoms with Gasteiger partial charge in [0.05, 0.1) is 11.7 Å². The van der Waals surface area contributed by atoms with Crippen molar-refractivity contribution in [1.29, 1.82) is 0 Å². The normalized spacial score (nSPS) is 18.9. The van der Waals surface area contributed by atoms with Crippen LogP contribution in [0.1, 0.15) is 20.3 Å². The molecule has 6 heteroatoms. The molecule has 0 spiro atoms. The summed E-state index contributed by atoms with van der Waals surface area (Å²) in [5, 5.41) is 5.42. The molecule has 1 aliphatic heterocycles. The molecule has 0 aliphatic carbocycles. The Morgan fingerprint density at radius 3 is 3.00 bits per heavy atom. The first-order chi connectivity index (χ1) is 9.01. The lowest BCUT2D eigenvalue weighted by Crippen LogP contribution is -2.35. The number of benzene rings is 1. The monoisotopic (exact) mass is 263 g/mol. The molecule has 1 unspecified atom stereocenters. The zero-order valence-electron chi connectivity index (χ0n) is 10.9. The van der Waals surface area contributed by atoms with Crippen LogP contribution in [0.4, 0.5) is 11.4 Å². The van der Waals surface area contributed by atoms with E-state index in [0.717, 1.165) is 0 Å². The van der Waals surface area contributed by atoms with Crippen molar-refractivity contribution in [2.45, 2.75) is 32.4 Å². The molecule has 2 atom stereocenters. The molecule has 102 valence electrons. The minimum atomic E-state index is -0.540. The van der Waals surface area contributed by atoms with E-state index in [0.29, 0.717) is 23.5 Å². The Bertz CT molecular complexity index is 516. The van der Waals surface area contributed by atoms with Gasteiger partial charge in [0.15, 0.2) is 6.10 Å². The van der Waals surface area contributed by atoms with E-state index >= 15 is 0 Å². The van der Waals surface area contributed by atoms with Gasteiger partial charge in [-0.2, -0.15) is 0 Å². The van der Waals surface area contributed by atoms with Gasteiger partial charge in [-0.05, 0) is 31.5 Å². The fourth-order valence-electron chi connectivity index (χ4n) is 1.71. The summed E-state index contributed by atoms with van der Waals surface area (Å²) in [6, 6.07) is 4.53. The molecule has 0 fully saturated rings. The second kappa shape index (κ2) is 5.27. The second-order valence-electron chi connectivity index (χ2n) is 4.46. The summed E-state index contributed by atoms with van der Waals surface area (Å²) in [7, 11) is 0. The Hall–Kier alpha value is -2.08. The van der Waals surface area contributed by atoms with Gasteiger partial charge in [0.25, 0.3) is 5.91 Å². The van der Waals surface area contributed by atoms with Crippen LogP contribution in [0.2, 0.25) is 0 Å². The number of hydrogen-bond donors (Lipinski definition) is 3. The lowest BCUT2D eigenvalue weighted by Gasteiger charge is -2.23. The number of amides is 2. The number of fused-ring (bicyclic) bond motifs is 1. The molecule has 1 heterocycles. The van der Waals surface area contributed by atoms with E-state index in [2.05, 4.69) is 10.6 Å². The summed E-state index contributed by atoms with van der Waals surface area (Å²) in [5.74, 6) is 0.130. The molecular formula is C13H17N3O3. The predicted octanol–water partition coefficient (Wildman–Crippen LogP) is 1.08.